The molecule has 12 heteroatoms. The van der Waals surface area contributed by atoms with Crippen molar-refractivity contribution in [2.24, 2.45) is 0 Å². The number of nitrogens with two attached hydrogens (primary N) is 1. The monoisotopic (exact) mass is 461 g/mol. The number of hydrogen-bond acceptors (Lipinski definition) is 6. The summed E-state index contributed by atoms with van der Waals surface area (Å²) in [6.45, 7) is 0. The molecule has 32 heavy (non-hydrogen) atoms. The van der Waals surface area contributed by atoms with E-state index in [2.05, 4.69) is 21.6 Å². The molecular weight excluding hydrogens is 443 g/mol. The summed E-state index contributed by atoms with van der Waals surface area (Å²) in [6.07, 6.45) is -1.30. The molecule has 0 fully saturated rings. The Morgan fingerprint density at radius 2 is 1.94 bits per heavy atom. The van der Waals surface area contributed by atoms with E-state index in [0.717, 1.165) is 54.4 Å². The largest absolute Gasteiger partial charge is 0.453 e. The average Bonchev–Trinajstić information content (AvgIpc) is 3.29. The van der Waals surface area contributed by atoms with E-state index < -0.39 is 17.9 Å². The van der Waals surface area contributed by atoms with E-state index >= 15 is 0 Å². The van der Waals surface area contributed by atoms with E-state index in [0.29, 0.717) is 16.1 Å². The highest BCUT2D eigenvalue weighted by Crippen LogP contribution is 2.36. The van der Waals surface area contributed by atoms with Crippen molar-refractivity contribution in [2.45, 2.75) is 37.0 Å². The van der Waals surface area contributed by atoms with E-state index in [4.69, 9.17) is 5.84 Å². The van der Waals surface area contributed by atoms with Crippen LogP contribution in [0.5, 0.6) is 0 Å². The van der Waals surface area contributed by atoms with E-state index in [9.17, 15) is 23.2 Å². The maximum Gasteiger partial charge on any atom is 0.453 e. The fraction of sp³-hybridized carbons (Fsp3) is 0.300. The number of nitrogen functional groups attached to an aromatic ring is 1. The van der Waals surface area contributed by atoms with Crippen LogP contribution in [0.3, 0.4) is 0 Å². The second-order valence-electron chi connectivity index (χ2n) is 7.15. The lowest BCUT2D eigenvalue weighted by atomic mass is 9.95. The number of aromatic nitrogens is 4. The number of halogens is 3. The van der Waals surface area contributed by atoms with Crippen LogP contribution < -0.4 is 11.2 Å². The minimum Gasteiger partial charge on any atom is -0.335 e. The van der Waals surface area contributed by atoms with Gasteiger partial charge < -0.3 is 11.2 Å². The summed E-state index contributed by atoms with van der Waals surface area (Å²) in [4.78, 5) is 12.7. The summed E-state index contributed by atoms with van der Waals surface area (Å²) in [5, 5.41) is 18.8. The van der Waals surface area contributed by atoms with Crippen LogP contribution in [-0.4, -0.2) is 31.1 Å². The average molecular weight is 461 g/mol. The molecule has 2 aromatic heterocycles. The molecule has 166 valence electrons. The molecule has 0 saturated carbocycles. The SMILES string of the molecule is N#Cc1c2c(n(-c3ccccc3)c1NC(=O)CSc1nnc(C(F)(F)F)n1N)CCCC2. The van der Waals surface area contributed by atoms with Crippen LogP contribution in [0.25, 0.3) is 5.69 Å². The van der Waals surface area contributed by atoms with Crippen molar-refractivity contribution in [1.29, 1.82) is 5.26 Å². The summed E-state index contributed by atoms with van der Waals surface area (Å²) in [5.41, 5.74) is 3.12. The van der Waals surface area contributed by atoms with Crippen molar-refractivity contribution in [1.82, 2.24) is 19.4 Å². The van der Waals surface area contributed by atoms with Gasteiger partial charge >= 0.3 is 6.18 Å². The van der Waals surface area contributed by atoms with E-state index in [1.807, 2.05) is 34.9 Å². The minimum absolute atomic E-state index is 0.245. The Kier molecular flexibility index (Phi) is 5.84. The first-order valence-electron chi connectivity index (χ1n) is 9.73. The predicted molar refractivity (Wildman–Crippen MR) is 112 cm³/mol. The first-order valence-corrected chi connectivity index (χ1v) is 10.7. The highest BCUT2D eigenvalue weighted by molar-refractivity contribution is 7.99. The van der Waals surface area contributed by atoms with Crippen molar-refractivity contribution in [3.8, 4) is 11.8 Å². The summed E-state index contributed by atoms with van der Waals surface area (Å²) < 4.78 is 40.7. The molecule has 1 aliphatic carbocycles. The van der Waals surface area contributed by atoms with Crippen molar-refractivity contribution in [3.63, 3.8) is 0 Å². The minimum atomic E-state index is -4.75. The van der Waals surface area contributed by atoms with Crippen LogP contribution in [0, 0.1) is 11.3 Å². The van der Waals surface area contributed by atoms with Crippen LogP contribution in [-0.2, 0) is 23.8 Å². The fourth-order valence-corrected chi connectivity index (χ4v) is 4.42. The number of nitrogens with zero attached hydrogens (tertiary/aromatic N) is 5. The number of benzene rings is 1. The van der Waals surface area contributed by atoms with Gasteiger partial charge in [0.25, 0.3) is 5.82 Å². The maximum atomic E-state index is 12.8. The quantitative estimate of drug-likeness (QED) is 0.445. The molecule has 0 radical (unpaired) electrons. The highest BCUT2D eigenvalue weighted by atomic mass is 32.2. The molecule has 0 bridgehead atoms. The Balaban J connectivity index is 1.61. The van der Waals surface area contributed by atoms with Crippen molar-refractivity contribution < 1.29 is 18.0 Å². The molecule has 0 atom stereocenters. The first-order chi connectivity index (χ1) is 15.3. The molecule has 0 saturated heterocycles. The molecule has 3 aromatic rings. The number of anilines is 1. The number of para-hydroxylation sites is 1. The second-order valence-corrected chi connectivity index (χ2v) is 8.09. The summed E-state index contributed by atoms with van der Waals surface area (Å²) in [7, 11) is 0. The van der Waals surface area contributed by atoms with Gasteiger partial charge in [0.05, 0.1) is 11.3 Å². The first kappa shape index (κ1) is 21.8. The van der Waals surface area contributed by atoms with Crippen LogP contribution in [0.4, 0.5) is 19.0 Å². The topological polar surface area (TPSA) is 115 Å². The molecule has 0 spiro atoms. The van der Waals surface area contributed by atoms with Gasteiger partial charge in [0.2, 0.25) is 11.1 Å². The zero-order valence-electron chi connectivity index (χ0n) is 16.7. The van der Waals surface area contributed by atoms with Crippen molar-refractivity contribution in [2.75, 3.05) is 16.9 Å². The van der Waals surface area contributed by atoms with E-state index in [1.165, 1.54) is 0 Å². The van der Waals surface area contributed by atoms with E-state index in [1.54, 1.807) is 0 Å². The molecule has 1 aliphatic rings. The van der Waals surface area contributed by atoms with Crippen molar-refractivity contribution in [3.05, 3.63) is 53.0 Å². The third-order valence-electron chi connectivity index (χ3n) is 5.11. The van der Waals surface area contributed by atoms with E-state index in [-0.39, 0.29) is 10.9 Å². The number of rotatable bonds is 5. The molecular formula is C20H18F3N7OS. The van der Waals surface area contributed by atoms with Gasteiger partial charge in [-0.2, -0.15) is 18.4 Å². The second kappa shape index (κ2) is 8.58. The zero-order chi connectivity index (χ0) is 22.9. The molecule has 8 nitrogen and oxygen atoms in total. The predicted octanol–water partition coefficient (Wildman–Crippen LogP) is 3.28. The number of carbonyl (C=O) groups is 1. The van der Waals surface area contributed by atoms with Gasteiger partial charge in [-0.05, 0) is 43.4 Å². The summed E-state index contributed by atoms with van der Waals surface area (Å²) in [6, 6.07) is 11.6. The van der Waals surface area contributed by atoms with Gasteiger partial charge in [-0.3, -0.25) is 9.36 Å². The molecule has 0 unspecified atom stereocenters. The number of thioether (sulfide) groups is 1. The number of alkyl halides is 3. The van der Waals surface area contributed by atoms with Crippen LogP contribution in [0.15, 0.2) is 35.5 Å². The van der Waals surface area contributed by atoms with Crippen LogP contribution in [0.1, 0.15) is 35.5 Å². The van der Waals surface area contributed by atoms with Gasteiger partial charge in [-0.15, -0.1) is 10.2 Å². The molecule has 1 amide bonds. The lowest BCUT2D eigenvalue weighted by Gasteiger charge is -2.17. The third-order valence-corrected chi connectivity index (χ3v) is 6.05. The maximum absolute atomic E-state index is 12.8. The smallest absolute Gasteiger partial charge is 0.335 e. The van der Waals surface area contributed by atoms with Crippen molar-refractivity contribution >= 4 is 23.5 Å². The number of carbonyl (C=O) groups excluding carboxylic acids is 1. The number of nitrogens with one attached hydrogen (secondary N) is 1. The van der Waals surface area contributed by atoms with Gasteiger partial charge in [0.15, 0.2) is 0 Å². The Morgan fingerprint density at radius 1 is 1.22 bits per heavy atom. The molecule has 3 N–H and O–H groups in total. The Labute approximate surface area is 185 Å². The summed E-state index contributed by atoms with van der Waals surface area (Å²) in [5.74, 6) is 3.66. The number of amides is 1. The Morgan fingerprint density at radius 3 is 2.59 bits per heavy atom. The standard InChI is InChI=1S/C20H18F3N7OS/c21-20(22,23)18-27-28-19(30(18)25)32-11-16(31)26-17-14(10-24)13-8-4-5-9-15(13)29(17)12-6-2-1-3-7-12/h1-3,6-7H,4-5,8-9,11,25H2,(H,26,31). The van der Waals surface area contributed by atoms with Crippen LogP contribution in [0.2, 0.25) is 0 Å². The lowest BCUT2D eigenvalue weighted by Crippen LogP contribution is -2.22. The molecule has 0 aliphatic heterocycles. The highest BCUT2D eigenvalue weighted by Gasteiger charge is 2.38. The van der Waals surface area contributed by atoms with Gasteiger partial charge in [-0.25, -0.2) is 4.68 Å². The number of hydrogen-bond donors (Lipinski definition) is 2. The summed E-state index contributed by atoms with van der Waals surface area (Å²) >= 11 is 0.721. The van der Waals surface area contributed by atoms with Gasteiger partial charge in [0.1, 0.15) is 11.9 Å². The third kappa shape index (κ3) is 4.03. The molecule has 1 aromatic carbocycles. The Bertz CT molecular complexity index is 1190. The number of fused-ring (bicyclic) bond motifs is 1. The normalized spacial score (nSPS) is 13.4. The molecule has 2 heterocycles. The van der Waals surface area contributed by atoms with Gasteiger partial charge in [-0.1, -0.05) is 30.0 Å². The van der Waals surface area contributed by atoms with Crippen LogP contribution >= 0.6 is 11.8 Å². The van der Waals surface area contributed by atoms with Gasteiger partial charge in [0, 0.05) is 11.4 Å². The lowest BCUT2D eigenvalue weighted by molar-refractivity contribution is -0.146. The fourth-order valence-electron chi connectivity index (χ4n) is 3.76. The number of nitriles is 1. The Hall–Kier alpha value is -3.46. The molecule has 4 rings (SSSR count). The zero-order valence-corrected chi connectivity index (χ0v) is 17.5.